The molecule has 1 aromatic rings. The maximum Gasteiger partial charge on any atom is 0.123 e. The third-order valence-electron chi connectivity index (χ3n) is 3.12. The van der Waals surface area contributed by atoms with Crippen molar-refractivity contribution in [1.82, 2.24) is 5.32 Å². The van der Waals surface area contributed by atoms with E-state index in [4.69, 9.17) is 11.6 Å². The van der Waals surface area contributed by atoms with E-state index in [-0.39, 0.29) is 11.9 Å². The fourth-order valence-electron chi connectivity index (χ4n) is 1.92. The van der Waals surface area contributed by atoms with Crippen LogP contribution in [0.5, 0.6) is 0 Å². The Morgan fingerprint density at radius 2 is 2.06 bits per heavy atom. The zero-order valence-corrected chi connectivity index (χ0v) is 11.5. The first-order chi connectivity index (χ1) is 8.08. The van der Waals surface area contributed by atoms with Gasteiger partial charge in [-0.3, -0.25) is 0 Å². The number of hydrogen-bond acceptors (Lipinski definition) is 1. The molecule has 17 heavy (non-hydrogen) atoms. The second-order valence-corrected chi connectivity index (χ2v) is 4.93. The van der Waals surface area contributed by atoms with Gasteiger partial charge in [0.2, 0.25) is 0 Å². The Hall–Kier alpha value is -0.600. The lowest BCUT2D eigenvalue weighted by Crippen LogP contribution is -2.23. The van der Waals surface area contributed by atoms with Gasteiger partial charge in [0.05, 0.1) is 0 Å². The largest absolute Gasteiger partial charge is 0.310 e. The number of halogens is 2. The normalized spacial score (nSPS) is 14.6. The van der Waals surface area contributed by atoms with E-state index < -0.39 is 0 Å². The van der Waals surface area contributed by atoms with Gasteiger partial charge in [-0.2, -0.15) is 0 Å². The molecule has 0 fully saturated rings. The van der Waals surface area contributed by atoms with Gasteiger partial charge < -0.3 is 5.32 Å². The molecule has 96 valence electrons. The minimum atomic E-state index is -0.226. The van der Waals surface area contributed by atoms with Crippen molar-refractivity contribution in [3.05, 3.63) is 34.6 Å². The Morgan fingerprint density at radius 3 is 2.65 bits per heavy atom. The minimum Gasteiger partial charge on any atom is -0.310 e. The summed E-state index contributed by atoms with van der Waals surface area (Å²) in [7, 11) is 0. The number of rotatable bonds is 6. The van der Waals surface area contributed by atoms with E-state index in [1.807, 2.05) is 0 Å². The average Bonchev–Trinajstić information content (AvgIpc) is 2.31. The Morgan fingerprint density at radius 1 is 1.35 bits per heavy atom. The molecule has 0 aromatic heterocycles. The van der Waals surface area contributed by atoms with Crippen molar-refractivity contribution < 1.29 is 4.39 Å². The maximum atomic E-state index is 13.3. The van der Waals surface area contributed by atoms with Crippen LogP contribution in [0, 0.1) is 11.7 Å². The summed E-state index contributed by atoms with van der Waals surface area (Å²) in [6, 6.07) is 4.71. The van der Waals surface area contributed by atoms with Gasteiger partial charge in [-0.15, -0.1) is 0 Å². The molecule has 0 saturated carbocycles. The van der Waals surface area contributed by atoms with Gasteiger partial charge in [0, 0.05) is 11.1 Å². The van der Waals surface area contributed by atoms with Crippen LogP contribution < -0.4 is 5.32 Å². The standard InChI is InChI=1S/C14H21ClFN/c1-4-10(3)8-14(17-5-2)12-9-11(16)6-7-13(12)15/h6-7,9-10,14,17H,4-5,8H2,1-3H3. The summed E-state index contributed by atoms with van der Waals surface area (Å²) in [5.74, 6) is 0.370. The molecule has 0 aliphatic heterocycles. The van der Waals surface area contributed by atoms with Crippen molar-refractivity contribution in [2.45, 2.75) is 39.7 Å². The summed E-state index contributed by atoms with van der Waals surface area (Å²) >= 11 is 6.15. The summed E-state index contributed by atoms with van der Waals surface area (Å²) in [6.07, 6.45) is 2.10. The lowest BCUT2D eigenvalue weighted by Gasteiger charge is -2.22. The first-order valence-electron chi connectivity index (χ1n) is 6.26. The summed E-state index contributed by atoms with van der Waals surface area (Å²) in [5, 5.41) is 4.02. The van der Waals surface area contributed by atoms with E-state index in [1.54, 1.807) is 6.07 Å². The first-order valence-corrected chi connectivity index (χ1v) is 6.64. The van der Waals surface area contributed by atoms with Crippen LogP contribution in [0.2, 0.25) is 5.02 Å². The summed E-state index contributed by atoms with van der Waals surface area (Å²) in [6.45, 7) is 7.28. The lowest BCUT2D eigenvalue weighted by molar-refractivity contribution is 0.407. The molecular weight excluding hydrogens is 237 g/mol. The first kappa shape index (κ1) is 14.5. The fraction of sp³-hybridized carbons (Fsp3) is 0.571. The maximum absolute atomic E-state index is 13.3. The highest BCUT2D eigenvalue weighted by atomic mass is 35.5. The molecule has 0 aliphatic rings. The Bertz CT molecular complexity index is 354. The molecule has 1 nitrogen and oxygen atoms in total. The van der Waals surface area contributed by atoms with Crippen LogP contribution >= 0.6 is 11.6 Å². The van der Waals surface area contributed by atoms with Crippen LogP contribution in [0.1, 0.15) is 45.2 Å². The van der Waals surface area contributed by atoms with Crippen LogP contribution in [0.25, 0.3) is 0 Å². The Labute approximate surface area is 108 Å². The molecule has 0 spiro atoms. The highest BCUT2D eigenvalue weighted by Crippen LogP contribution is 2.29. The summed E-state index contributed by atoms with van der Waals surface area (Å²) in [5.41, 5.74) is 0.869. The third kappa shape index (κ3) is 4.29. The van der Waals surface area contributed by atoms with Crippen molar-refractivity contribution in [3.8, 4) is 0 Å². The summed E-state index contributed by atoms with van der Waals surface area (Å²) < 4.78 is 13.3. The minimum absolute atomic E-state index is 0.137. The number of benzene rings is 1. The Kier molecular flexibility index (Phi) is 5.93. The predicted molar refractivity (Wildman–Crippen MR) is 71.9 cm³/mol. The molecule has 0 amide bonds. The quantitative estimate of drug-likeness (QED) is 0.787. The second kappa shape index (κ2) is 6.97. The van der Waals surface area contributed by atoms with E-state index in [2.05, 4.69) is 26.1 Å². The van der Waals surface area contributed by atoms with E-state index >= 15 is 0 Å². The number of nitrogens with one attached hydrogen (secondary N) is 1. The van der Waals surface area contributed by atoms with Crippen molar-refractivity contribution in [2.75, 3.05) is 6.54 Å². The van der Waals surface area contributed by atoms with Gasteiger partial charge in [0.1, 0.15) is 5.82 Å². The van der Waals surface area contributed by atoms with E-state index in [9.17, 15) is 4.39 Å². The van der Waals surface area contributed by atoms with Gasteiger partial charge in [0.25, 0.3) is 0 Å². The van der Waals surface area contributed by atoms with Crippen LogP contribution in [0.3, 0.4) is 0 Å². The van der Waals surface area contributed by atoms with E-state index in [0.717, 1.165) is 24.9 Å². The van der Waals surface area contributed by atoms with Gasteiger partial charge in [-0.1, -0.05) is 38.8 Å². The van der Waals surface area contributed by atoms with Gasteiger partial charge >= 0.3 is 0 Å². The van der Waals surface area contributed by atoms with Crippen LogP contribution in [0.15, 0.2) is 18.2 Å². The van der Waals surface area contributed by atoms with Gasteiger partial charge in [-0.25, -0.2) is 4.39 Å². The monoisotopic (exact) mass is 257 g/mol. The molecule has 2 atom stereocenters. The SMILES string of the molecule is CCNC(CC(C)CC)c1cc(F)ccc1Cl. The van der Waals surface area contributed by atoms with Crippen molar-refractivity contribution in [3.63, 3.8) is 0 Å². The van der Waals surface area contributed by atoms with Crippen LogP contribution in [-0.2, 0) is 0 Å². The zero-order chi connectivity index (χ0) is 12.8. The van der Waals surface area contributed by atoms with E-state index in [1.165, 1.54) is 12.1 Å². The molecule has 0 radical (unpaired) electrons. The molecule has 1 N–H and O–H groups in total. The molecule has 0 heterocycles. The topological polar surface area (TPSA) is 12.0 Å². The molecule has 3 heteroatoms. The number of hydrogen-bond donors (Lipinski definition) is 1. The lowest BCUT2D eigenvalue weighted by atomic mass is 9.94. The molecule has 0 saturated heterocycles. The van der Waals surface area contributed by atoms with Gasteiger partial charge in [-0.05, 0) is 42.6 Å². The smallest absolute Gasteiger partial charge is 0.123 e. The van der Waals surface area contributed by atoms with Crippen molar-refractivity contribution in [1.29, 1.82) is 0 Å². The predicted octanol–water partition coefficient (Wildman–Crippen LogP) is 4.57. The highest BCUT2D eigenvalue weighted by Gasteiger charge is 2.16. The third-order valence-corrected chi connectivity index (χ3v) is 3.46. The van der Waals surface area contributed by atoms with E-state index in [0.29, 0.717) is 10.9 Å². The molecule has 0 aliphatic carbocycles. The van der Waals surface area contributed by atoms with Crippen LogP contribution in [-0.4, -0.2) is 6.54 Å². The fourth-order valence-corrected chi connectivity index (χ4v) is 2.17. The molecule has 1 rings (SSSR count). The molecular formula is C14H21ClFN. The summed E-state index contributed by atoms with van der Waals surface area (Å²) in [4.78, 5) is 0. The van der Waals surface area contributed by atoms with Crippen LogP contribution in [0.4, 0.5) is 4.39 Å². The van der Waals surface area contributed by atoms with Crippen molar-refractivity contribution in [2.24, 2.45) is 5.92 Å². The second-order valence-electron chi connectivity index (χ2n) is 4.53. The zero-order valence-electron chi connectivity index (χ0n) is 10.8. The highest BCUT2D eigenvalue weighted by molar-refractivity contribution is 6.31. The van der Waals surface area contributed by atoms with Crippen molar-refractivity contribution >= 4 is 11.6 Å². The molecule has 1 aromatic carbocycles. The van der Waals surface area contributed by atoms with Gasteiger partial charge in [0.15, 0.2) is 0 Å². The molecule has 2 unspecified atom stereocenters. The molecule has 0 bridgehead atoms. The average molecular weight is 258 g/mol. The Balaban J connectivity index is 2.91.